The maximum Gasteiger partial charge on any atom is 0.153 e. The minimum atomic E-state index is 0.426. The number of hydrogen-bond acceptors (Lipinski definition) is 4. The summed E-state index contributed by atoms with van der Waals surface area (Å²) in [4.78, 5) is 4.35. The molecule has 2 heterocycles. The highest BCUT2D eigenvalue weighted by atomic mass is 15.3. The summed E-state index contributed by atoms with van der Waals surface area (Å²) in [5.74, 6) is 0.819. The van der Waals surface area contributed by atoms with Crippen molar-refractivity contribution in [2.24, 2.45) is 5.73 Å². The summed E-state index contributed by atoms with van der Waals surface area (Å²) in [5.41, 5.74) is 9.72. The van der Waals surface area contributed by atoms with Crippen LogP contribution < -0.4 is 11.1 Å². The van der Waals surface area contributed by atoms with Gasteiger partial charge in [-0.2, -0.15) is 0 Å². The summed E-state index contributed by atoms with van der Waals surface area (Å²) >= 11 is 0. The fourth-order valence-electron chi connectivity index (χ4n) is 2.02. The Hall–Kier alpha value is -2.40. The fourth-order valence-corrected chi connectivity index (χ4v) is 2.02. The smallest absolute Gasteiger partial charge is 0.153 e. The zero-order valence-corrected chi connectivity index (χ0v) is 11.4. The third kappa shape index (κ3) is 2.62. The van der Waals surface area contributed by atoms with Gasteiger partial charge in [0.1, 0.15) is 5.82 Å². The molecule has 0 unspecified atom stereocenters. The third-order valence-corrected chi connectivity index (χ3v) is 3.17. The summed E-state index contributed by atoms with van der Waals surface area (Å²) in [7, 11) is 0. The van der Waals surface area contributed by atoms with Crippen molar-refractivity contribution >= 4 is 11.5 Å². The first-order valence-electron chi connectivity index (χ1n) is 6.59. The van der Waals surface area contributed by atoms with Gasteiger partial charge in [0.05, 0.1) is 11.9 Å². The third-order valence-electron chi connectivity index (χ3n) is 3.17. The van der Waals surface area contributed by atoms with Crippen molar-refractivity contribution in [3.05, 3.63) is 59.4 Å². The van der Waals surface area contributed by atoms with Gasteiger partial charge in [0.2, 0.25) is 0 Å². The molecule has 20 heavy (non-hydrogen) atoms. The molecule has 0 saturated carbocycles. The van der Waals surface area contributed by atoms with Crippen LogP contribution in [0.1, 0.15) is 16.8 Å². The monoisotopic (exact) mass is 267 g/mol. The Morgan fingerprint density at radius 3 is 2.70 bits per heavy atom. The van der Waals surface area contributed by atoms with Gasteiger partial charge >= 0.3 is 0 Å². The normalized spacial score (nSPS) is 10.9. The lowest BCUT2D eigenvalue weighted by molar-refractivity contribution is 0.919. The van der Waals surface area contributed by atoms with Gasteiger partial charge in [-0.3, -0.25) is 0 Å². The van der Waals surface area contributed by atoms with E-state index in [2.05, 4.69) is 46.6 Å². The molecule has 0 aliphatic carbocycles. The molecule has 3 aromatic rings. The van der Waals surface area contributed by atoms with E-state index in [9.17, 15) is 0 Å². The molecule has 0 atom stereocenters. The average Bonchev–Trinajstić information content (AvgIpc) is 2.89. The molecule has 102 valence electrons. The van der Waals surface area contributed by atoms with E-state index in [0.29, 0.717) is 6.54 Å². The Bertz CT molecular complexity index is 715. The van der Waals surface area contributed by atoms with Crippen LogP contribution in [-0.2, 0) is 13.1 Å². The summed E-state index contributed by atoms with van der Waals surface area (Å²) in [5, 5.41) is 7.77. The second-order valence-electron chi connectivity index (χ2n) is 4.80. The second-order valence-corrected chi connectivity index (χ2v) is 4.80. The molecule has 0 saturated heterocycles. The molecule has 0 aliphatic heterocycles. The number of rotatable bonds is 4. The zero-order valence-electron chi connectivity index (χ0n) is 11.4. The average molecular weight is 267 g/mol. The molecular formula is C15H17N5. The van der Waals surface area contributed by atoms with Crippen LogP contribution >= 0.6 is 0 Å². The molecule has 2 aromatic heterocycles. The highest BCUT2D eigenvalue weighted by molar-refractivity contribution is 5.45. The number of nitrogens with zero attached hydrogens (tertiary/aromatic N) is 3. The van der Waals surface area contributed by atoms with Crippen LogP contribution in [0.2, 0.25) is 0 Å². The van der Waals surface area contributed by atoms with Gasteiger partial charge < -0.3 is 11.1 Å². The predicted octanol–water partition coefficient (Wildman–Crippen LogP) is 2.11. The maximum absolute atomic E-state index is 5.58. The zero-order chi connectivity index (χ0) is 13.9. The van der Waals surface area contributed by atoms with Gasteiger partial charge in [-0.15, -0.1) is 5.10 Å². The Labute approximate surface area is 117 Å². The predicted molar refractivity (Wildman–Crippen MR) is 79.4 cm³/mol. The molecule has 0 radical (unpaired) electrons. The van der Waals surface area contributed by atoms with E-state index in [1.807, 2.05) is 18.3 Å². The molecule has 0 spiro atoms. The highest BCUT2D eigenvalue weighted by Gasteiger charge is 2.02. The number of nitrogens with two attached hydrogens (primary N) is 1. The van der Waals surface area contributed by atoms with Crippen LogP contribution in [0.4, 0.5) is 5.82 Å². The molecule has 3 rings (SSSR count). The Morgan fingerprint density at radius 1 is 1.15 bits per heavy atom. The lowest BCUT2D eigenvalue weighted by atomic mass is 10.1. The summed E-state index contributed by atoms with van der Waals surface area (Å²) in [6.07, 6.45) is 1.85. The first-order valence-corrected chi connectivity index (χ1v) is 6.59. The Morgan fingerprint density at radius 2 is 1.95 bits per heavy atom. The van der Waals surface area contributed by atoms with Crippen molar-refractivity contribution in [3.8, 4) is 0 Å². The molecule has 0 amide bonds. The van der Waals surface area contributed by atoms with Crippen molar-refractivity contribution in [2.75, 3.05) is 5.32 Å². The molecule has 0 aliphatic rings. The van der Waals surface area contributed by atoms with Crippen molar-refractivity contribution in [2.45, 2.75) is 20.0 Å². The van der Waals surface area contributed by atoms with Crippen molar-refractivity contribution in [1.29, 1.82) is 0 Å². The van der Waals surface area contributed by atoms with E-state index >= 15 is 0 Å². The summed E-state index contributed by atoms with van der Waals surface area (Å²) < 4.78 is 1.75. The van der Waals surface area contributed by atoms with E-state index in [1.165, 1.54) is 11.1 Å². The highest BCUT2D eigenvalue weighted by Crippen LogP contribution is 2.10. The van der Waals surface area contributed by atoms with Crippen molar-refractivity contribution < 1.29 is 0 Å². The SMILES string of the molecule is Cc1ccc(CNc2ccc3nc(CN)cn3n2)cc1. The minimum absolute atomic E-state index is 0.426. The van der Waals surface area contributed by atoms with Crippen LogP contribution in [0.5, 0.6) is 0 Å². The largest absolute Gasteiger partial charge is 0.365 e. The van der Waals surface area contributed by atoms with Gasteiger partial charge in [0, 0.05) is 13.1 Å². The standard InChI is InChI=1S/C15H17N5/c1-11-2-4-12(5-3-11)9-17-14-6-7-15-18-13(8-16)10-20(15)19-14/h2-7,10H,8-9,16H2,1H3,(H,17,19). The molecule has 3 N–H and O–H groups in total. The molecule has 5 heteroatoms. The topological polar surface area (TPSA) is 68.2 Å². The van der Waals surface area contributed by atoms with E-state index in [-0.39, 0.29) is 0 Å². The quantitative estimate of drug-likeness (QED) is 0.759. The summed E-state index contributed by atoms with van der Waals surface area (Å²) in [6, 6.07) is 12.3. The van der Waals surface area contributed by atoms with E-state index < -0.39 is 0 Å². The minimum Gasteiger partial charge on any atom is -0.365 e. The molecule has 0 fully saturated rings. The Kier molecular flexibility index (Phi) is 3.35. The number of nitrogens with one attached hydrogen (secondary N) is 1. The Balaban J connectivity index is 1.75. The number of anilines is 1. The van der Waals surface area contributed by atoms with Crippen LogP contribution in [0.3, 0.4) is 0 Å². The lowest BCUT2D eigenvalue weighted by Gasteiger charge is -2.06. The maximum atomic E-state index is 5.58. The second kappa shape index (κ2) is 5.30. The van der Waals surface area contributed by atoms with Crippen LogP contribution in [-0.4, -0.2) is 14.6 Å². The number of aromatic nitrogens is 3. The number of fused-ring (bicyclic) bond motifs is 1. The first kappa shape index (κ1) is 12.6. The number of benzene rings is 1. The van der Waals surface area contributed by atoms with Crippen molar-refractivity contribution in [1.82, 2.24) is 14.6 Å². The van der Waals surface area contributed by atoms with Gasteiger partial charge in [0.25, 0.3) is 0 Å². The number of hydrogen-bond donors (Lipinski definition) is 2. The van der Waals surface area contributed by atoms with E-state index in [0.717, 1.165) is 23.7 Å². The lowest BCUT2D eigenvalue weighted by Crippen LogP contribution is -2.03. The molecule has 5 nitrogen and oxygen atoms in total. The van der Waals surface area contributed by atoms with Crippen LogP contribution in [0.25, 0.3) is 5.65 Å². The fraction of sp³-hybridized carbons (Fsp3) is 0.200. The van der Waals surface area contributed by atoms with Gasteiger partial charge in [-0.05, 0) is 24.6 Å². The van der Waals surface area contributed by atoms with E-state index in [4.69, 9.17) is 5.73 Å². The van der Waals surface area contributed by atoms with E-state index in [1.54, 1.807) is 4.52 Å². The number of aryl methyl sites for hydroxylation is 1. The first-order chi connectivity index (χ1) is 9.74. The van der Waals surface area contributed by atoms with Crippen molar-refractivity contribution in [3.63, 3.8) is 0 Å². The molecule has 1 aromatic carbocycles. The number of imidazole rings is 1. The van der Waals surface area contributed by atoms with Gasteiger partial charge in [-0.25, -0.2) is 9.50 Å². The van der Waals surface area contributed by atoms with Crippen LogP contribution in [0.15, 0.2) is 42.6 Å². The molecular weight excluding hydrogens is 250 g/mol. The van der Waals surface area contributed by atoms with Gasteiger partial charge in [-0.1, -0.05) is 29.8 Å². The van der Waals surface area contributed by atoms with Crippen LogP contribution in [0, 0.1) is 6.92 Å². The molecule has 0 bridgehead atoms. The van der Waals surface area contributed by atoms with Gasteiger partial charge in [0.15, 0.2) is 5.65 Å². The summed E-state index contributed by atoms with van der Waals surface area (Å²) in [6.45, 7) is 3.26.